The summed E-state index contributed by atoms with van der Waals surface area (Å²) in [5.74, 6) is -1.48. The molecule has 1 aromatic heterocycles. The average molecular weight is 453 g/mol. The van der Waals surface area contributed by atoms with Crippen LogP contribution in [-0.4, -0.2) is 54.5 Å². The minimum absolute atomic E-state index is 0.000105. The van der Waals surface area contributed by atoms with E-state index in [0.29, 0.717) is 17.4 Å². The van der Waals surface area contributed by atoms with Gasteiger partial charge in [-0.2, -0.15) is 0 Å². The second-order valence-electron chi connectivity index (χ2n) is 8.29. The van der Waals surface area contributed by atoms with Crippen LogP contribution in [0.5, 0.6) is 5.75 Å². The molecule has 2 aliphatic rings. The molecule has 168 valence electrons. The highest BCUT2D eigenvalue weighted by Gasteiger charge is 2.45. The zero-order valence-electron chi connectivity index (χ0n) is 17.6. The number of hydrogen-bond acceptors (Lipinski definition) is 6. The lowest BCUT2D eigenvalue weighted by Crippen LogP contribution is -2.56. The Hall–Kier alpha value is -2.16. The van der Waals surface area contributed by atoms with Gasteiger partial charge < -0.3 is 19.6 Å². The summed E-state index contributed by atoms with van der Waals surface area (Å²) < 4.78 is 32.6. The molecule has 3 heterocycles. The molecule has 0 radical (unpaired) electrons. The average Bonchev–Trinajstić information content (AvgIpc) is 3.14. The van der Waals surface area contributed by atoms with Gasteiger partial charge in [0.15, 0.2) is 0 Å². The maximum Gasteiger partial charge on any atom is 0.282 e. The van der Waals surface area contributed by atoms with Crippen molar-refractivity contribution in [2.24, 2.45) is 0 Å². The number of benzene rings is 1. The lowest BCUT2D eigenvalue weighted by atomic mass is 10.1. The summed E-state index contributed by atoms with van der Waals surface area (Å²) in [6, 6.07) is 9.68. The first-order valence-corrected chi connectivity index (χ1v) is 10.8. The highest BCUT2D eigenvalue weighted by Crippen LogP contribution is 2.39. The second-order valence-corrected chi connectivity index (χ2v) is 8.67. The Kier molecular flexibility index (Phi) is 6.23. The van der Waals surface area contributed by atoms with Crippen LogP contribution in [0, 0.1) is 0 Å². The molecule has 2 aliphatic heterocycles. The van der Waals surface area contributed by atoms with Gasteiger partial charge in [0.2, 0.25) is 0 Å². The van der Waals surface area contributed by atoms with Gasteiger partial charge in [0.05, 0.1) is 25.3 Å². The highest BCUT2D eigenvalue weighted by molar-refractivity contribution is 6.35. The van der Waals surface area contributed by atoms with E-state index in [1.54, 1.807) is 13.1 Å². The van der Waals surface area contributed by atoms with Crippen molar-refractivity contribution < 1.29 is 18.6 Å². The van der Waals surface area contributed by atoms with Crippen molar-refractivity contribution in [3.63, 3.8) is 0 Å². The van der Waals surface area contributed by atoms with Gasteiger partial charge in [-0.1, -0.05) is 23.7 Å². The molecule has 0 aliphatic carbocycles. The molecule has 2 fully saturated rings. The summed E-state index contributed by atoms with van der Waals surface area (Å²) in [6.45, 7) is 4.40. The number of alkyl halides is 2. The lowest BCUT2D eigenvalue weighted by molar-refractivity contribution is -0.0266. The number of nitrogens with one attached hydrogen (secondary N) is 1. The van der Waals surface area contributed by atoms with E-state index in [1.165, 1.54) is 4.90 Å². The Bertz CT molecular complexity index is 905. The van der Waals surface area contributed by atoms with Crippen LogP contribution < -0.4 is 19.9 Å². The van der Waals surface area contributed by atoms with Gasteiger partial charge in [-0.15, -0.1) is 0 Å². The van der Waals surface area contributed by atoms with E-state index in [4.69, 9.17) is 16.3 Å². The van der Waals surface area contributed by atoms with E-state index in [9.17, 15) is 13.9 Å². The third-order valence-corrected chi connectivity index (χ3v) is 6.02. The summed E-state index contributed by atoms with van der Waals surface area (Å²) in [7, 11) is 0. The Morgan fingerprint density at radius 2 is 1.90 bits per heavy atom. The molecule has 0 amide bonds. The predicted molar refractivity (Wildman–Crippen MR) is 117 cm³/mol. The number of nitrogens with zero attached hydrogens (tertiary/aromatic N) is 3. The fraction of sp³-hybridized carbons (Fsp3) is 0.500. The normalized spacial score (nSPS) is 22.2. The molecule has 9 heteroatoms. The van der Waals surface area contributed by atoms with Crippen molar-refractivity contribution in [1.29, 1.82) is 0 Å². The maximum atomic E-state index is 13.2. The molecule has 4 rings (SSSR count). The number of hydrogen-bond donors (Lipinski definition) is 2. The number of anilines is 2. The summed E-state index contributed by atoms with van der Waals surface area (Å²) in [5, 5.41) is 12.9. The molecule has 31 heavy (non-hydrogen) atoms. The minimum atomic E-state index is -2.67. The van der Waals surface area contributed by atoms with Crippen molar-refractivity contribution in [3.05, 3.63) is 47.1 Å². The lowest BCUT2D eigenvalue weighted by Gasteiger charge is -2.40. The summed E-state index contributed by atoms with van der Waals surface area (Å²) >= 11 is 6.53. The van der Waals surface area contributed by atoms with Crippen molar-refractivity contribution >= 4 is 23.1 Å². The molecule has 3 atom stereocenters. The van der Waals surface area contributed by atoms with E-state index in [-0.39, 0.29) is 25.2 Å². The van der Waals surface area contributed by atoms with E-state index in [2.05, 4.69) is 15.2 Å². The van der Waals surface area contributed by atoms with Crippen LogP contribution >= 0.6 is 11.6 Å². The van der Waals surface area contributed by atoms with E-state index < -0.39 is 12.2 Å². The van der Waals surface area contributed by atoms with Crippen LogP contribution in [0.15, 0.2) is 36.5 Å². The topological polar surface area (TPSA) is 60.9 Å². The Morgan fingerprint density at radius 1 is 1.19 bits per heavy atom. The largest absolute Gasteiger partial charge is 0.489 e. The Morgan fingerprint density at radius 3 is 2.55 bits per heavy atom. The molecule has 3 unspecified atom stereocenters. The van der Waals surface area contributed by atoms with Gasteiger partial charge in [0, 0.05) is 25.2 Å². The molecule has 2 saturated heterocycles. The number of pyridine rings is 1. The maximum absolute atomic E-state index is 13.2. The van der Waals surface area contributed by atoms with Crippen molar-refractivity contribution in [2.45, 2.75) is 44.6 Å². The summed E-state index contributed by atoms with van der Waals surface area (Å²) in [5.41, 5.74) is 1.86. The third kappa shape index (κ3) is 5.02. The fourth-order valence-electron chi connectivity index (χ4n) is 4.08. The van der Waals surface area contributed by atoms with Gasteiger partial charge in [0.1, 0.15) is 28.9 Å². The Balaban J connectivity index is 1.37. The number of aliphatic hydroxyl groups is 1. The van der Waals surface area contributed by atoms with Crippen molar-refractivity contribution in [1.82, 2.24) is 10.3 Å². The van der Waals surface area contributed by atoms with Gasteiger partial charge >= 0.3 is 0 Å². The number of aromatic nitrogens is 1. The van der Waals surface area contributed by atoms with Crippen LogP contribution in [0.1, 0.15) is 31.9 Å². The smallest absolute Gasteiger partial charge is 0.282 e. The third-order valence-electron chi connectivity index (χ3n) is 5.65. The van der Waals surface area contributed by atoms with E-state index in [1.807, 2.05) is 37.3 Å². The van der Waals surface area contributed by atoms with E-state index in [0.717, 1.165) is 30.0 Å². The monoisotopic (exact) mass is 452 g/mol. The molecule has 0 saturated carbocycles. The van der Waals surface area contributed by atoms with Crippen LogP contribution in [0.25, 0.3) is 0 Å². The molecular weight excluding hydrogens is 426 g/mol. The summed E-state index contributed by atoms with van der Waals surface area (Å²) in [4.78, 5) is 7.82. The fourth-order valence-corrected chi connectivity index (χ4v) is 4.43. The van der Waals surface area contributed by atoms with Crippen LogP contribution in [-0.2, 0) is 0 Å². The van der Waals surface area contributed by atoms with Crippen LogP contribution in [0.2, 0.25) is 5.02 Å². The van der Waals surface area contributed by atoms with Crippen molar-refractivity contribution in [3.8, 4) is 5.75 Å². The molecule has 6 nitrogen and oxygen atoms in total. The first-order chi connectivity index (χ1) is 14.7. The summed E-state index contributed by atoms with van der Waals surface area (Å²) in [6.07, 6.45) is 1.87. The van der Waals surface area contributed by atoms with Gasteiger partial charge in [-0.25, -0.2) is 13.8 Å². The molecule has 1 aromatic carbocycles. The molecule has 0 spiro atoms. The minimum Gasteiger partial charge on any atom is -0.489 e. The number of rotatable bonds is 7. The Labute approximate surface area is 185 Å². The first-order valence-electron chi connectivity index (χ1n) is 10.4. The van der Waals surface area contributed by atoms with Crippen molar-refractivity contribution in [2.75, 3.05) is 36.0 Å². The van der Waals surface area contributed by atoms with E-state index >= 15 is 0 Å². The predicted octanol–water partition coefficient (Wildman–Crippen LogP) is 3.84. The van der Waals surface area contributed by atoms with Gasteiger partial charge in [-0.3, -0.25) is 5.32 Å². The van der Waals surface area contributed by atoms with Crippen LogP contribution in [0.4, 0.5) is 20.3 Å². The molecule has 0 bridgehead atoms. The van der Waals surface area contributed by atoms with Gasteiger partial charge in [-0.05, 0) is 37.6 Å². The quantitative estimate of drug-likeness (QED) is 0.622. The SMILES string of the molecule is CC(O)NC(C)c1ccc(OC2CCN(c3ccnc(N4CC(F)(F)C4)c3Cl)C2)cc1. The molecule has 2 N–H and O–H groups in total. The standard InChI is InChI=1S/C22H27ClF2N4O2/c1-14(27-15(2)30)16-3-5-17(6-4-16)31-18-8-10-28(11-18)19-7-9-26-21(20(19)23)29-12-22(24,25)13-29/h3-7,9,14-15,18,27,30H,8,10-13H2,1-2H3. The highest BCUT2D eigenvalue weighted by atomic mass is 35.5. The number of halogens is 3. The molecule has 2 aromatic rings. The zero-order valence-corrected chi connectivity index (χ0v) is 18.3. The first kappa shape index (κ1) is 22.0. The second kappa shape index (κ2) is 8.76. The zero-order chi connectivity index (χ0) is 22.2. The molecular formula is C22H27ClF2N4O2. The van der Waals surface area contributed by atoms with Gasteiger partial charge in [0.25, 0.3) is 5.92 Å². The van der Waals surface area contributed by atoms with Crippen LogP contribution in [0.3, 0.4) is 0 Å². The number of aliphatic hydroxyl groups excluding tert-OH is 1. The number of ether oxygens (including phenoxy) is 1.